The first kappa shape index (κ1) is 15.9. The Morgan fingerprint density at radius 3 is 2.57 bits per heavy atom. The van der Waals surface area contributed by atoms with Gasteiger partial charge in [0.25, 0.3) is 5.92 Å². The lowest BCUT2D eigenvalue weighted by atomic mass is 9.97. The third-order valence-electron chi connectivity index (χ3n) is 3.65. The van der Waals surface area contributed by atoms with E-state index < -0.39 is 18.6 Å². The third-order valence-corrected chi connectivity index (χ3v) is 3.65. The van der Waals surface area contributed by atoms with Gasteiger partial charge in [0.15, 0.2) is 11.5 Å². The van der Waals surface area contributed by atoms with Gasteiger partial charge in [-0.05, 0) is 17.7 Å². The summed E-state index contributed by atoms with van der Waals surface area (Å²) in [5.41, 5.74) is 0.259. The molecule has 1 atom stereocenters. The second-order valence-electron chi connectivity index (χ2n) is 5.04. The number of aliphatic hydroxyl groups is 1. The van der Waals surface area contributed by atoms with Gasteiger partial charge in [-0.25, -0.2) is 8.78 Å². The molecule has 3 N–H and O–H groups in total. The highest BCUT2D eigenvalue weighted by Crippen LogP contribution is 2.39. The zero-order valence-electron chi connectivity index (χ0n) is 11.9. The lowest BCUT2D eigenvalue weighted by Gasteiger charge is -2.38. The number of piperazine rings is 1. The molecule has 1 aliphatic rings. The molecule has 2 rings (SSSR count). The van der Waals surface area contributed by atoms with Crippen molar-refractivity contribution < 1.29 is 23.7 Å². The molecular formula is C14H20F2N2O3. The molecule has 0 aromatic heterocycles. The van der Waals surface area contributed by atoms with E-state index in [-0.39, 0.29) is 17.1 Å². The Morgan fingerprint density at radius 1 is 1.38 bits per heavy atom. The van der Waals surface area contributed by atoms with Gasteiger partial charge in [0.05, 0.1) is 7.11 Å². The highest BCUT2D eigenvalue weighted by atomic mass is 19.3. The van der Waals surface area contributed by atoms with Crippen LogP contribution in [0.3, 0.4) is 0 Å². The van der Waals surface area contributed by atoms with Crippen LogP contribution in [0, 0.1) is 0 Å². The molecule has 21 heavy (non-hydrogen) atoms. The number of hydrogen-bond acceptors (Lipinski definition) is 5. The normalized spacial score (nSPS) is 18.5. The molecule has 5 nitrogen and oxygen atoms in total. The Bertz CT molecular complexity index is 479. The number of phenolic OH excluding ortho intramolecular Hbond substituents is 1. The van der Waals surface area contributed by atoms with Gasteiger partial charge in [0.1, 0.15) is 12.6 Å². The summed E-state index contributed by atoms with van der Waals surface area (Å²) in [6, 6.07) is 2.94. The predicted octanol–water partition coefficient (Wildman–Crippen LogP) is 0.975. The molecule has 0 unspecified atom stereocenters. The Kier molecular flexibility index (Phi) is 4.97. The first-order chi connectivity index (χ1) is 9.99. The summed E-state index contributed by atoms with van der Waals surface area (Å²) >= 11 is 0. The van der Waals surface area contributed by atoms with E-state index >= 15 is 0 Å². The molecule has 1 heterocycles. The van der Waals surface area contributed by atoms with E-state index in [9.17, 15) is 13.9 Å². The molecule has 0 spiro atoms. The number of benzene rings is 1. The molecule has 118 valence electrons. The first-order valence-corrected chi connectivity index (χ1v) is 6.80. The number of ether oxygens (including phenoxy) is 1. The molecule has 0 bridgehead atoms. The van der Waals surface area contributed by atoms with Crippen molar-refractivity contribution in [3.8, 4) is 11.5 Å². The Balaban J connectivity index is 2.36. The number of aromatic hydroxyl groups is 1. The summed E-state index contributed by atoms with van der Waals surface area (Å²) in [6.45, 7) is 0.884. The van der Waals surface area contributed by atoms with Crippen LogP contribution in [0.4, 0.5) is 8.78 Å². The van der Waals surface area contributed by atoms with Gasteiger partial charge >= 0.3 is 0 Å². The average Bonchev–Trinajstić information content (AvgIpc) is 2.48. The number of halogens is 2. The molecule has 7 heteroatoms. The van der Waals surface area contributed by atoms with Crippen LogP contribution in [0.5, 0.6) is 11.5 Å². The number of nitrogens with one attached hydrogen (secondary N) is 1. The molecular weight excluding hydrogens is 282 g/mol. The van der Waals surface area contributed by atoms with Gasteiger partial charge in [0.2, 0.25) is 0 Å². The highest BCUT2D eigenvalue weighted by molar-refractivity contribution is 5.43. The Morgan fingerprint density at radius 2 is 2.05 bits per heavy atom. The lowest BCUT2D eigenvalue weighted by Crippen LogP contribution is -2.51. The molecule has 0 amide bonds. The molecule has 0 saturated carbocycles. The van der Waals surface area contributed by atoms with E-state index in [1.807, 2.05) is 0 Å². The van der Waals surface area contributed by atoms with Gasteiger partial charge in [-0.3, -0.25) is 4.90 Å². The fourth-order valence-corrected chi connectivity index (χ4v) is 2.63. The lowest BCUT2D eigenvalue weighted by molar-refractivity contribution is -0.118. The maximum atomic E-state index is 14.2. The summed E-state index contributed by atoms with van der Waals surface area (Å²) in [4.78, 5) is 1.62. The SMILES string of the molecule is COc1ccc([C@H](N2CCNCC2)C(F)(F)CO)cc1O. The Hall–Kier alpha value is -1.44. The Labute approximate surface area is 122 Å². The minimum atomic E-state index is -3.29. The summed E-state index contributed by atoms with van der Waals surface area (Å²) in [5, 5.41) is 22.0. The smallest absolute Gasteiger partial charge is 0.289 e. The number of phenols is 1. The number of rotatable bonds is 5. The minimum absolute atomic E-state index is 0.191. The highest BCUT2D eigenvalue weighted by Gasteiger charge is 2.44. The van der Waals surface area contributed by atoms with Crippen molar-refractivity contribution in [2.75, 3.05) is 39.9 Å². The monoisotopic (exact) mass is 302 g/mol. The van der Waals surface area contributed by atoms with Crippen LogP contribution in [0.2, 0.25) is 0 Å². The maximum Gasteiger partial charge on any atom is 0.289 e. The standard InChI is InChI=1S/C14H20F2N2O3/c1-21-12-3-2-10(8-11(12)20)13(14(15,16)9-19)18-6-4-17-5-7-18/h2-3,8,13,17,19-20H,4-7,9H2,1H3/t13-/m0/s1. The number of aliphatic hydroxyl groups excluding tert-OH is 1. The molecule has 0 aliphatic carbocycles. The van der Waals surface area contributed by atoms with Crippen molar-refractivity contribution in [1.29, 1.82) is 0 Å². The average molecular weight is 302 g/mol. The van der Waals surface area contributed by atoms with Crippen molar-refractivity contribution in [2.45, 2.75) is 12.0 Å². The van der Waals surface area contributed by atoms with E-state index in [1.54, 1.807) is 4.90 Å². The number of nitrogens with zero attached hydrogens (tertiary/aromatic N) is 1. The fourth-order valence-electron chi connectivity index (χ4n) is 2.63. The van der Waals surface area contributed by atoms with E-state index in [0.29, 0.717) is 26.2 Å². The quantitative estimate of drug-likeness (QED) is 0.756. The van der Waals surface area contributed by atoms with Gasteiger partial charge in [-0.2, -0.15) is 0 Å². The summed E-state index contributed by atoms with van der Waals surface area (Å²) in [6.07, 6.45) is 0. The molecule has 1 fully saturated rings. The topological polar surface area (TPSA) is 65.0 Å². The number of methoxy groups -OCH3 is 1. The van der Waals surface area contributed by atoms with E-state index in [2.05, 4.69) is 5.32 Å². The molecule has 0 radical (unpaired) electrons. The number of hydrogen-bond donors (Lipinski definition) is 3. The van der Waals surface area contributed by atoms with Crippen LogP contribution in [-0.4, -0.2) is 60.9 Å². The molecule has 1 saturated heterocycles. The van der Waals surface area contributed by atoms with Crippen LogP contribution in [0.15, 0.2) is 18.2 Å². The van der Waals surface area contributed by atoms with Gasteiger partial charge < -0.3 is 20.3 Å². The van der Waals surface area contributed by atoms with Crippen molar-refractivity contribution in [3.05, 3.63) is 23.8 Å². The molecule has 1 aromatic carbocycles. The fraction of sp³-hybridized carbons (Fsp3) is 0.571. The van der Waals surface area contributed by atoms with E-state index in [1.165, 1.54) is 25.3 Å². The van der Waals surface area contributed by atoms with Gasteiger partial charge in [0, 0.05) is 26.2 Å². The third kappa shape index (κ3) is 3.42. The first-order valence-electron chi connectivity index (χ1n) is 6.80. The second kappa shape index (κ2) is 6.55. The van der Waals surface area contributed by atoms with Gasteiger partial charge in [-0.15, -0.1) is 0 Å². The van der Waals surface area contributed by atoms with Crippen LogP contribution in [-0.2, 0) is 0 Å². The minimum Gasteiger partial charge on any atom is -0.504 e. The van der Waals surface area contributed by atoms with Gasteiger partial charge in [-0.1, -0.05) is 6.07 Å². The van der Waals surface area contributed by atoms with Crippen molar-refractivity contribution >= 4 is 0 Å². The van der Waals surface area contributed by atoms with Crippen LogP contribution < -0.4 is 10.1 Å². The predicted molar refractivity (Wildman–Crippen MR) is 73.9 cm³/mol. The van der Waals surface area contributed by atoms with Crippen molar-refractivity contribution in [1.82, 2.24) is 10.2 Å². The number of alkyl halides is 2. The molecule has 1 aromatic rings. The second-order valence-corrected chi connectivity index (χ2v) is 5.04. The maximum absolute atomic E-state index is 14.2. The molecule has 1 aliphatic heterocycles. The zero-order valence-corrected chi connectivity index (χ0v) is 11.9. The van der Waals surface area contributed by atoms with Crippen LogP contribution >= 0.6 is 0 Å². The zero-order chi connectivity index (χ0) is 15.5. The largest absolute Gasteiger partial charge is 0.504 e. The van der Waals surface area contributed by atoms with Crippen LogP contribution in [0.25, 0.3) is 0 Å². The van der Waals surface area contributed by atoms with Crippen molar-refractivity contribution in [2.24, 2.45) is 0 Å². The summed E-state index contributed by atoms with van der Waals surface area (Å²) in [7, 11) is 1.39. The van der Waals surface area contributed by atoms with E-state index in [4.69, 9.17) is 9.84 Å². The summed E-state index contributed by atoms with van der Waals surface area (Å²) in [5.74, 6) is -3.26. The van der Waals surface area contributed by atoms with Crippen LogP contribution in [0.1, 0.15) is 11.6 Å². The van der Waals surface area contributed by atoms with E-state index in [0.717, 1.165) is 0 Å². The summed E-state index contributed by atoms with van der Waals surface area (Å²) < 4.78 is 33.3. The van der Waals surface area contributed by atoms with Crippen molar-refractivity contribution in [3.63, 3.8) is 0 Å².